The minimum absolute atomic E-state index is 0.209. The van der Waals surface area contributed by atoms with Gasteiger partial charge in [0.1, 0.15) is 15.6 Å². The lowest BCUT2D eigenvalue weighted by molar-refractivity contribution is 0.0702. The second-order valence-electron chi connectivity index (χ2n) is 4.23. The molecule has 0 aliphatic carbocycles. The van der Waals surface area contributed by atoms with Crippen LogP contribution in [0.4, 0.5) is 0 Å². The lowest BCUT2D eigenvalue weighted by Gasteiger charge is -1.98. The minimum atomic E-state index is -0.972. The number of carbonyl (C=O) groups is 1. The fourth-order valence-electron chi connectivity index (χ4n) is 1.92. The first-order chi connectivity index (χ1) is 10.2. The van der Waals surface area contributed by atoms with Gasteiger partial charge in [-0.3, -0.25) is 0 Å². The molecule has 0 saturated heterocycles. The number of rotatable bonds is 4. The Morgan fingerprint density at radius 3 is 3.00 bits per heavy atom. The zero-order valence-corrected chi connectivity index (χ0v) is 11.9. The Bertz CT molecular complexity index is 831. The van der Waals surface area contributed by atoms with Crippen molar-refractivity contribution in [2.45, 2.75) is 0 Å². The first-order valence-electron chi connectivity index (χ1n) is 6.11. The van der Waals surface area contributed by atoms with Crippen LogP contribution in [0.5, 0.6) is 5.75 Å². The van der Waals surface area contributed by atoms with Gasteiger partial charge >= 0.3 is 5.97 Å². The highest BCUT2D eigenvalue weighted by molar-refractivity contribution is 7.14. The Labute approximate surface area is 124 Å². The van der Waals surface area contributed by atoms with E-state index in [0.717, 1.165) is 16.7 Å². The van der Waals surface area contributed by atoms with E-state index in [-0.39, 0.29) is 4.88 Å². The van der Waals surface area contributed by atoms with Gasteiger partial charge in [0, 0.05) is 5.39 Å². The van der Waals surface area contributed by atoms with Crippen molar-refractivity contribution >= 4 is 40.4 Å². The van der Waals surface area contributed by atoms with E-state index in [2.05, 4.69) is 4.98 Å². The van der Waals surface area contributed by atoms with Gasteiger partial charge in [0.2, 0.25) is 0 Å². The maximum Gasteiger partial charge on any atom is 0.347 e. The number of nitrogens with zero attached hydrogens (tertiary/aromatic N) is 1. The standard InChI is InChI=1S/C15H11NO4S/c1-19-11-4-2-3-9-7-10(20-14(9)11)5-6-13-16-8-12(21-13)15(17)18/h2-8H,1H3,(H,17,18). The summed E-state index contributed by atoms with van der Waals surface area (Å²) in [6, 6.07) is 7.55. The van der Waals surface area contributed by atoms with Crippen LogP contribution >= 0.6 is 11.3 Å². The number of aromatic nitrogens is 1. The third kappa shape index (κ3) is 2.66. The average Bonchev–Trinajstić information content (AvgIpc) is 3.10. The van der Waals surface area contributed by atoms with Crippen molar-refractivity contribution in [2.75, 3.05) is 7.11 Å². The van der Waals surface area contributed by atoms with E-state index in [1.54, 1.807) is 19.3 Å². The summed E-state index contributed by atoms with van der Waals surface area (Å²) in [6.45, 7) is 0. The molecule has 0 bridgehead atoms. The van der Waals surface area contributed by atoms with Gasteiger partial charge in [0.25, 0.3) is 0 Å². The van der Waals surface area contributed by atoms with Crippen LogP contribution in [0.15, 0.2) is 34.9 Å². The lowest BCUT2D eigenvalue weighted by atomic mass is 10.2. The van der Waals surface area contributed by atoms with Gasteiger partial charge in [-0.05, 0) is 24.3 Å². The zero-order valence-electron chi connectivity index (χ0n) is 11.1. The molecule has 1 aromatic carbocycles. The summed E-state index contributed by atoms with van der Waals surface area (Å²) in [5.74, 6) is 0.358. The molecule has 0 saturated carbocycles. The quantitative estimate of drug-likeness (QED) is 0.794. The molecule has 0 unspecified atom stereocenters. The molecule has 0 radical (unpaired) electrons. The van der Waals surface area contributed by atoms with E-state index in [1.807, 2.05) is 24.3 Å². The van der Waals surface area contributed by atoms with Gasteiger partial charge < -0.3 is 14.3 Å². The number of hydrogen-bond donors (Lipinski definition) is 1. The average molecular weight is 301 g/mol. The monoisotopic (exact) mass is 301 g/mol. The molecule has 0 amide bonds. The van der Waals surface area contributed by atoms with Crippen LogP contribution in [-0.2, 0) is 0 Å². The van der Waals surface area contributed by atoms with E-state index in [0.29, 0.717) is 22.1 Å². The SMILES string of the molecule is COc1cccc2cc(C=Cc3ncc(C(=O)O)s3)oc12. The smallest absolute Gasteiger partial charge is 0.347 e. The third-order valence-corrected chi connectivity index (χ3v) is 3.82. The summed E-state index contributed by atoms with van der Waals surface area (Å²) >= 11 is 1.11. The number of para-hydroxylation sites is 1. The first-order valence-corrected chi connectivity index (χ1v) is 6.93. The minimum Gasteiger partial charge on any atom is -0.493 e. The van der Waals surface area contributed by atoms with Gasteiger partial charge in [-0.25, -0.2) is 9.78 Å². The number of hydrogen-bond acceptors (Lipinski definition) is 5. The Morgan fingerprint density at radius 1 is 1.43 bits per heavy atom. The highest BCUT2D eigenvalue weighted by Gasteiger charge is 2.08. The predicted octanol–water partition coefficient (Wildman–Crippen LogP) is 3.77. The summed E-state index contributed by atoms with van der Waals surface area (Å²) in [6.07, 6.45) is 4.82. The molecule has 5 nitrogen and oxygen atoms in total. The number of carboxylic acids is 1. The number of thiazole rings is 1. The Morgan fingerprint density at radius 2 is 2.29 bits per heavy atom. The molecule has 3 aromatic rings. The Balaban J connectivity index is 1.90. The molecule has 21 heavy (non-hydrogen) atoms. The first kappa shape index (κ1) is 13.4. The fourth-order valence-corrected chi connectivity index (χ4v) is 2.58. The molecule has 106 valence electrons. The van der Waals surface area contributed by atoms with Crippen molar-refractivity contribution in [1.29, 1.82) is 0 Å². The van der Waals surface area contributed by atoms with Crippen molar-refractivity contribution in [3.8, 4) is 5.75 Å². The van der Waals surface area contributed by atoms with Crippen LogP contribution in [0.2, 0.25) is 0 Å². The van der Waals surface area contributed by atoms with E-state index < -0.39 is 5.97 Å². The van der Waals surface area contributed by atoms with Crippen molar-refractivity contribution in [2.24, 2.45) is 0 Å². The maximum atomic E-state index is 10.8. The summed E-state index contributed by atoms with van der Waals surface area (Å²) in [5.41, 5.74) is 0.685. The van der Waals surface area contributed by atoms with Crippen LogP contribution in [0.3, 0.4) is 0 Å². The van der Waals surface area contributed by atoms with E-state index >= 15 is 0 Å². The highest BCUT2D eigenvalue weighted by Crippen LogP contribution is 2.29. The molecule has 0 aliphatic heterocycles. The molecule has 0 fully saturated rings. The number of ether oxygens (including phenoxy) is 1. The predicted molar refractivity (Wildman–Crippen MR) is 80.8 cm³/mol. The molecular formula is C15H11NO4S. The number of aromatic carboxylic acids is 1. The summed E-state index contributed by atoms with van der Waals surface area (Å²) in [4.78, 5) is 15.0. The zero-order chi connectivity index (χ0) is 14.8. The Hall–Kier alpha value is -2.60. The number of carboxylic acid groups (broad SMARTS) is 1. The molecular weight excluding hydrogens is 290 g/mol. The van der Waals surface area contributed by atoms with Crippen LogP contribution in [0.1, 0.15) is 20.4 Å². The maximum absolute atomic E-state index is 10.8. The second-order valence-corrected chi connectivity index (χ2v) is 5.29. The largest absolute Gasteiger partial charge is 0.493 e. The molecule has 0 aliphatic rings. The van der Waals surface area contributed by atoms with E-state index in [4.69, 9.17) is 14.3 Å². The number of methoxy groups -OCH3 is 1. The van der Waals surface area contributed by atoms with Crippen LogP contribution in [-0.4, -0.2) is 23.2 Å². The molecule has 3 rings (SSSR count). The molecule has 0 atom stereocenters. The van der Waals surface area contributed by atoms with Gasteiger partial charge in [0.15, 0.2) is 11.3 Å². The van der Waals surface area contributed by atoms with E-state index in [1.165, 1.54) is 6.20 Å². The van der Waals surface area contributed by atoms with Gasteiger partial charge in [-0.1, -0.05) is 12.1 Å². The lowest BCUT2D eigenvalue weighted by Crippen LogP contribution is -1.89. The molecule has 6 heteroatoms. The topological polar surface area (TPSA) is 72.6 Å². The van der Waals surface area contributed by atoms with Crippen molar-refractivity contribution in [1.82, 2.24) is 4.98 Å². The number of furan rings is 1. The van der Waals surface area contributed by atoms with Gasteiger partial charge in [-0.2, -0.15) is 0 Å². The number of fused-ring (bicyclic) bond motifs is 1. The third-order valence-electron chi connectivity index (χ3n) is 2.87. The molecule has 2 aromatic heterocycles. The molecule has 0 spiro atoms. The second kappa shape index (κ2) is 5.41. The van der Waals surface area contributed by atoms with Crippen LogP contribution < -0.4 is 4.74 Å². The Kier molecular flexibility index (Phi) is 3.45. The van der Waals surface area contributed by atoms with Crippen molar-refractivity contribution in [3.63, 3.8) is 0 Å². The van der Waals surface area contributed by atoms with Crippen LogP contribution in [0, 0.1) is 0 Å². The number of benzene rings is 1. The van der Waals surface area contributed by atoms with Crippen LogP contribution in [0.25, 0.3) is 23.1 Å². The molecule has 1 N–H and O–H groups in total. The summed E-state index contributed by atoms with van der Waals surface area (Å²) < 4.78 is 11.0. The fraction of sp³-hybridized carbons (Fsp3) is 0.0667. The summed E-state index contributed by atoms with van der Waals surface area (Å²) in [7, 11) is 1.59. The van der Waals surface area contributed by atoms with Crippen molar-refractivity contribution < 1.29 is 19.1 Å². The van der Waals surface area contributed by atoms with Gasteiger partial charge in [-0.15, -0.1) is 11.3 Å². The normalized spacial score (nSPS) is 11.3. The van der Waals surface area contributed by atoms with Crippen molar-refractivity contribution in [3.05, 3.63) is 46.1 Å². The molecule has 2 heterocycles. The summed E-state index contributed by atoms with van der Waals surface area (Å²) in [5, 5.41) is 10.4. The highest BCUT2D eigenvalue weighted by atomic mass is 32.1. The van der Waals surface area contributed by atoms with E-state index in [9.17, 15) is 4.79 Å². The van der Waals surface area contributed by atoms with Gasteiger partial charge in [0.05, 0.1) is 13.3 Å².